The number of halogens is 3. The molecule has 0 unspecified atom stereocenters. The fourth-order valence-electron chi connectivity index (χ4n) is 2.76. The van der Waals surface area contributed by atoms with Gasteiger partial charge in [-0.2, -0.15) is 13.2 Å². The summed E-state index contributed by atoms with van der Waals surface area (Å²) >= 11 is 1.18. The molecule has 1 aliphatic heterocycles. The average Bonchev–Trinajstić information content (AvgIpc) is 2.64. The lowest BCUT2D eigenvalue weighted by Crippen LogP contribution is -2.41. The number of hydrogen-bond acceptors (Lipinski definition) is 4. The van der Waals surface area contributed by atoms with E-state index < -0.39 is 22.9 Å². The minimum atomic E-state index is -4.49. The van der Waals surface area contributed by atoms with E-state index in [4.69, 9.17) is 0 Å². The monoisotopic (exact) mass is 395 g/mol. The number of anilines is 1. The highest BCUT2D eigenvalue weighted by molar-refractivity contribution is 8.00. The molecule has 5 nitrogen and oxygen atoms in total. The Morgan fingerprint density at radius 1 is 1.26 bits per heavy atom. The van der Waals surface area contributed by atoms with Gasteiger partial charge in [0, 0.05) is 26.2 Å². The van der Waals surface area contributed by atoms with Crippen LogP contribution < -0.4 is 10.2 Å². The van der Waals surface area contributed by atoms with Crippen molar-refractivity contribution in [2.24, 2.45) is 0 Å². The van der Waals surface area contributed by atoms with Gasteiger partial charge in [0.15, 0.2) is 0 Å². The van der Waals surface area contributed by atoms with Crippen molar-refractivity contribution in [2.75, 3.05) is 11.9 Å². The molecule has 0 bridgehead atoms. The van der Waals surface area contributed by atoms with Gasteiger partial charge in [-0.3, -0.25) is 9.59 Å². The lowest BCUT2D eigenvalue weighted by atomic mass is 10.1. The van der Waals surface area contributed by atoms with E-state index in [1.165, 1.54) is 34.9 Å². The van der Waals surface area contributed by atoms with Crippen molar-refractivity contribution in [3.63, 3.8) is 0 Å². The van der Waals surface area contributed by atoms with Crippen molar-refractivity contribution < 1.29 is 22.8 Å². The second-order valence-electron chi connectivity index (χ2n) is 5.97. The van der Waals surface area contributed by atoms with Gasteiger partial charge >= 0.3 is 6.18 Å². The van der Waals surface area contributed by atoms with Gasteiger partial charge in [-0.15, -0.1) is 0 Å². The number of amides is 2. The van der Waals surface area contributed by atoms with Crippen molar-refractivity contribution >= 4 is 29.3 Å². The van der Waals surface area contributed by atoms with Gasteiger partial charge in [-0.05, 0) is 23.8 Å². The molecule has 2 amide bonds. The van der Waals surface area contributed by atoms with E-state index in [9.17, 15) is 22.8 Å². The Morgan fingerprint density at radius 3 is 2.74 bits per heavy atom. The molecule has 0 spiro atoms. The van der Waals surface area contributed by atoms with Crippen LogP contribution in [0.2, 0.25) is 0 Å². The number of hydrogen-bond donors (Lipinski definition) is 1. The Balaban J connectivity index is 1.65. The second kappa shape index (κ2) is 7.59. The van der Waals surface area contributed by atoms with Crippen molar-refractivity contribution in [2.45, 2.75) is 29.4 Å². The lowest BCUT2D eigenvalue weighted by molar-refractivity contribution is -0.138. The van der Waals surface area contributed by atoms with Crippen LogP contribution in [-0.2, 0) is 22.3 Å². The maximum absolute atomic E-state index is 13.0. The summed E-state index contributed by atoms with van der Waals surface area (Å²) in [6, 6.07) is 8.55. The van der Waals surface area contributed by atoms with E-state index in [2.05, 4.69) is 10.3 Å². The molecule has 2 heterocycles. The zero-order valence-electron chi connectivity index (χ0n) is 14.3. The van der Waals surface area contributed by atoms with Gasteiger partial charge in [-0.1, -0.05) is 30.0 Å². The maximum Gasteiger partial charge on any atom is 0.416 e. The van der Waals surface area contributed by atoms with Gasteiger partial charge in [0.1, 0.15) is 5.03 Å². The zero-order valence-corrected chi connectivity index (χ0v) is 15.1. The Bertz CT molecular complexity index is 873. The Kier molecular flexibility index (Phi) is 5.41. The molecule has 0 saturated heterocycles. The quantitative estimate of drug-likeness (QED) is 0.863. The number of benzene rings is 1. The summed E-state index contributed by atoms with van der Waals surface area (Å²) in [4.78, 5) is 30.3. The summed E-state index contributed by atoms with van der Waals surface area (Å²) in [5.41, 5.74) is -0.139. The third-order valence-corrected chi connectivity index (χ3v) is 5.33. The van der Waals surface area contributed by atoms with Crippen LogP contribution >= 0.6 is 11.8 Å². The lowest BCUT2D eigenvalue weighted by Gasteiger charge is -2.29. The largest absolute Gasteiger partial charge is 0.416 e. The fourth-order valence-corrected chi connectivity index (χ4v) is 3.97. The van der Waals surface area contributed by atoms with Crippen LogP contribution in [0.1, 0.15) is 17.5 Å². The number of rotatable bonds is 4. The number of nitrogens with zero attached hydrogens (tertiary/aromatic N) is 2. The molecule has 142 valence electrons. The summed E-state index contributed by atoms with van der Waals surface area (Å²) in [5, 5.41) is 2.44. The first kappa shape index (κ1) is 19.2. The Labute approximate surface area is 158 Å². The molecule has 0 aliphatic carbocycles. The molecular weight excluding hydrogens is 379 g/mol. The number of thioether (sulfide) groups is 1. The van der Waals surface area contributed by atoms with Gasteiger partial charge < -0.3 is 10.2 Å². The number of carbonyl (C=O) groups excluding carboxylic acids is 2. The first-order valence-corrected chi connectivity index (χ1v) is 8.96. The fraction of sp³-hybridized carbons (Fsp3) is 0.278. The number of pyridine rings is 1. The van der Waals surface area contributed by atoms with Crippen LogP contribution in [0.15, 0.2) is 47.6 Å². The van der Waals surface area contributed by atoms with Crippen molar-refractivity contribution in [3.8, 4) is 0 Å². The Hall–Kier alpha value is -2.55. The first-order chi connectivity index (χ1) is 12.8. The zero-order chi connectivity index (χ0) is 19.6. The minimum Gasteiger partial charge on any atom is -0.352 e. The van der Waals surface area contributed by atoms with Crippen molar-refractivity contribution in [3.05, 3.63) is 53.7 Å². The van der Waals surface area contributed by atoms with E-state index in [1.807, 2.05) is 0 Å². The second-order valence-corrected chi connectivity index (χ2v) is 7.16. The smallest absolute Gasteiger partial charge is 0.352 e. The molecular formula is C18H16F3N3O2S. The predicted molar refractivity (Wildman–Crippen MR) is 95.2 cm³/mol. The molecule has 3 rings (SSSR count). The van der Waals surface area contributed by atoms with Gasteiger partial charge in [0.25, 0.3) is 0 Å². The highest BCUT2D eigenvalue weighted by Crippen LogP contribution is 2.38. The van der Waals surface area contributed by atoms with E-state index in [0.717, 1.165) is 6.07 Å². The molecule has 0 fully saturated rings. The highest BCUT2D eigenvalue weighted by atomic mass is 32.2. The Morgan fingerprint density at radius 2 is 2.00 bits per heavy atom. The molecule has 2 aromatic rings. The molecule has 0 saturated carbocycles. The normalized spacial score (nSPS) is 16.8. The van der Waals surface area contributed by atoms with Crippen LogP contribution in [0.4, 0.5) is 18.9 Å². The van der Waals surface area contributed by atoms with Gasteiger partial charge in [0.05, 0.1) is 16.5 Å². The molecule has 27 heavy (non-hydrogen) atoms. The summed E-state index contributed by atoms with van der Waals surface area (Å²) in [5.74, 6) is -0.739. The molecule has 1 aliphatic rings. The van der Waals surface area contributed by atoms with Crippen LogP contribution in [0, 0.1) is 0 Å². The molecule has 0 radical (unpaired) electrons. The van der Waals surface area contributed by atoms with Crippen LogP contribution in [0.3, 0.4) is 0 Å². The summed E-state index contributed by atoms with van der Waals surface area (Å²) in [6.07, 6.45) is -3.03. The van der Waals surface area contributed by atoms with Crippen molar-refractivity contribution in [1.82, 2.24) is 10.3 Å². The first-order valence-electron chi connectivity index (χ1n) is 8.08. The third-order valence-electron chi connectivity index (χ3n) is 4.14. The molecule has 1 aromatic heterocycles. The van der Waals surface area contributed by atoms with Crippen LogP contribution in [0.25, 0.3) is 0 Å². The van der Waals surface area contributed by atoms with E-state index in [1.54, 1.807) is 25.4 Å². The standard InChI is InChI=1S/C18H16F3N3O2S/c1-24-13-7-4-8-22-16(13)27-14(17(24)26)9-15(25)23-10-11-5-2-3-6-12(11)18(19,20)21/h2-8,14H,9-10H2,1H3,(H,23,25)/t14-/m0/s1. The minimum absolute atomic E-state index is 0.0231. The number of alkyl halides is 3. The van der Waals surface area contributed by atoms with Gasteiger partial charge in [0.2, 0.25) is 11.8 Å². The number of fused-ring (bicyclic) bond motifs is 1. The molecule has 1 N–H and O–H groups in total. The van der Waals surface area contributed by atoms with E-state index in [-0.39, 0.29) is 24.4 Å². The predicted octanol–water partition coefficient (Wildman–Crippen LogP) is 3.24. The maximum atomic E-state index is 13.0. The number of aromatic nitrogens is 1. The van der Waals surface area contributed by atoms with Crippen LogP contribution in [0.5, 0.6) is 0 Å². The van der Waals surface area contributed by atoms with E-state index in [0.29, 0.717) is 10.7 Å². The van der Waals surface area contributed by atoms with Gasteiger partial charge in [-0.25, -0.2) is 4.98 Å². The average molecular weight is 395 g/mol. The molecule has 9 heteroatoms. The number of carbonyl (C=O) groups is 2. The SMILES string of the molecule is CN1C(=O)[C@H](CC(=O)NCc2ccccc2C(F)(F)F)Sc2ncccc21. The third kappa shape index (κ3) is 4.24. The summed E-state index contributed by atoms with van der Waals surface area (Å²) in [6.45, 7) is -0.259. The summed E-state index contributed by atoms with van der Waals surface area (Å²) < 4.78 is 39.0. The number of nitrogens with one attached hydrogen (secondary N) is 1. The van der Waals surface area contributed by atoms with E-state index >= 15 is 0 Å². The molecule has 1 aromatic carbocycles. The molecule has 1 atom stereocenters. The highest BCUT2D eigenvalue weighted by Gasteiger charge is 2.35. The topological polar surface area (TPSA) is 62.3 Å². The van der Waals surface area contributed by atoms with Crippen LogP contribution in [-0.4, -0.2) is 29.1 Å². The summed E-state index contributed by atoms with van der Waals surface area (Å²) in [7, 11) is 1.60. The van der Waals surface area contributed by atoms with Crippen molar-refractivity contribution in [1.29, 1.82) is 0 Å².